The van der Waals surface area contributed by atoms with Crippen LogP contribution in [0.3, 0.4) is 0 Å². The van der Waals surface area contributed by atoms with Crippen molar-refractivity contribution in [1.29, 1.82) is 0 Å². The number of hydrogen-bond donors (Lipinski definition) is 0. The number of nitro benzene ring substituents is 1. The van der Waals surface area contributed by atoms with Crippen molar-refractivity contribution in [3.05, 3.63) is 56.0 Å². The largest absolute Gasteiger partial charge is 0.490 e. The molecule has 2 aromatic rings. The molecule has 9 nitrogen and oxygen atoms in total. The van der Waals surface area contributed by atoms with E-state index in [4.69, 9.17) is 18.9 Å². The Morgan fingerprint density at radius 2 is 1.78 bits per heavy atom. The molecular weight excluding hydrogens is 484 g/mol. The van der Waals surface area contributed by atoms with E-state index in [9.17, 15) is 14.9 Å². The molecule has 1 aliphatic rings. The molecule has 0 N–H and O–H groups in total. The Labute approximate surface area is 194 Å². The molecule has 0 spiro atoms. The lowest BCUT2D eigenvalue weighted by Gasteiger charge is -2.28. The highest BCUT2D eigenvalue weighted by atomic mass is 79.9. The van der Waals surface area contributed by atoms with Crippen molar-refractivity contribution in [1.82, 2.24) is 0 Å². The van der Waals surface area contributed by atoms with Gasteiger partial charge in [0.2, 0.25) is 0 Å². The topological polar surface area (TPSA) is 100 Å². The van der Waals surface area contributed by atoms with Crippen molar-refractivity contribution in [3.8, 4) is 11.5 Å². The molecule has 0 aliphatic carbocycles. The van der Waals surface area contributed by atoms with Crippen LogP contribution in [-0.4, -0.2) is 50.4 Å². The average Bonchev–Trinajstić information content (AvgIpc) is 2.80. The van der Waals surface area contributed by atoms with Gasteiger partial charge in [-0.1, -0.05) is 15.9 Å². The Morgan fingerprint density at radius 3 is 2.41 bits per heavy atom. The number of nitrogens with zero attached hydrogens (tertiary/aromatic N) is 2. The minimum absolute atomic E-state index is 0.0368. The van der Waals surface area contributed by atoms with Gasteiger partial charge in [0.25, 0.3) is 5.69 Å². The van der Waals surface area contributed by atoms with Crippen molar-refractivity contribution in [2.75, 3.05) is 44.4 Å². The van der Waals surface area contributed by atoms with E-state index in [1.54, 1.807) is 24.3 Å². The second kappa shape index (κ2) is 11.1. The van der Waals surface area contributed by atoms with Gasteiger partial charge in [-0.15, -0.1) is 0 Å². The Kier molecular flexibility index (Phi) is 8.29. The monoisotopic (exact) mass is 508 g/mol. The number of ether oxygens (including phenoxy) is 4. The standard InChI is InChI=1S/C22H25BrN2O7/c1-3-30-20-12-16(17(23)13-21(20)31-4-2)14-32-22(26)15-5-6-18(19(11-15)25(27)28)24-7-9-29-10-8-24/h5-6,11-13H,3-4,7-10,14H2,1-2H3. The molecule has 0 aromatic heterocycles. The molecule has 3 rings (SSSR count). The third-order valence-electron chi connectivity index (χ3n) is 4.83. The Bertz CT molecular complexity index is 977. The number of carbonyl (C=O) groups is 1. The number of nitro groups is 1. The SMILES string of the molecule is CCOc1cc(Br)c(COC(=O)c2ccc(N3CCOCC3)c([N+](=O)[O-])c2)cc1OCC. The van der Waals surface area contributed by atoms with Crippen LogP contribution in [0.1, 0.15) is 29.8 Å². The predicted molar refractivity (Wildman–Crippen MR) is 122 cm³/mol. The summed E-state index contributed by atoms with van der Waals surface area (Å²) >= 11 is 3.46. The molecule has 1 heterocycles. The molecule has 0 bridgehead atoms. The van der Waals surface area contributed by atoms with E-state index >= 15 is 0 Å². The smallest absolute Gasteiger partial charge is 0.338 e. The number of hydrogen-bond acceptors (Lipinski definition) is 8. The number of morpholine rings is 1. The van der Waals surface area contributed by atoms with Crippen LogP contribution in [-0.2, 0) is 16.1 Å². The second-order valence-corrected chi connectivity index (χ2v) is 7.75. The van der Waals surface area contributed by atoms with E-state index in [1.807, 2.05) is 18.7 Å². The minimum Gasteiger partial charge on any atom is -0.490 e. The maximum Gasteiger partial charge on any atom is 0.338 e. The summed E-state index contributed by atoms with van der Waals surface area (Å²) in [4.78, 5) is 25.6. The zero-order valence-electron chi connectivity index (χ0n) is 18.0. The lowest BCUT2D eigenvalue weighted by molar-refractivity contribution is -0.384. The summed E-state index contributed by atoms with van der Waals surface area (Å²) in [5.41, 5.74) is 1.12. The lowest BCUT2D eigenvalue weighted by Crippen LogP contribution is -2.36. The normalized spacial score (nSPS) is 13.5. The van der Waals surface area contributed by atoms with Crippen LogP contribution in [0, 0.1) is 10.1 Å². The molecule has 172 valence electrons. The highest BCUT2D eigenvalue weighted by molar-refractivity contribution is 9.10. The van der Waals surface area contributed by atoms with E-state index in [2.05, 4.69) is 15.9 Å². The average molecular weight is 509 g/mol. The molecule has 0 radical (unpaired) electrons. The molecule has 1 saturated heterocycles. The zero-order valence-corrected chi connectivity index (χ0v) is 19.6. The highest BCUT2D eigenvalue weighted by Crippen LogP contribution is 2.35. The van der Waals surface area contributed by atoms with Gasteiger partial charge in [-0.3, -0.25) is 10.1 Å². The summed E-state index contributed by atoms with van der Waals surface area (Å²) in [5, 5.41) is 11.6. The number of esters is 1. The van der Waals surface area contributed by atoms with E-state index < -0.39 is 10.9 Å². The van der Waals surface area contributed by atoms with Gasteiger partial charge >= 0.3 is 5.97 Å². The van der Waals surface area contributed by atoms with Crippen LogP contribution < -0.4 is 14.4 Å². The first-order valence-electron chi connectivity index (χ1n) is 10.3. The van der Waals surface area contributed by atoms with Gasteiger partial charge in [0, 0.05) is 29.2 Å². The molecule has 1 fully saturated rings. The maximum atomic E-state index is 12.6. The first kappa shape index (κ1) is 23.8. The number of benzene rings is 2. The van der Waals surface area contributed by atoms with Crippen molar-refractivity contribution < 1.29 is 28.7 Å². The molecular formula is C22H25BrN2O7. The Morgan fingerprint density at radius 1 is 1.12 bits per heavy atom. The second-order valence-electron chi connectivity index (χ2n) is 6.89. The summed E-state index contributed by atoms with van der Waals surface area (Å²) < 4.78 is 22.6. The minimum atomic E-state index is -0.652. The Balaban J connectivity index is 1.76. The van der Waals surface area contributed by atoms with E-state index in [1.165, 1.54) is 6.07 Å². The number of halogens is 1. The molecule has 10 heteroatoms. The molecule has 0 amide bonds. The summed E-state index contributed by atoms with van der Waals surface area (Å²) in [6.07, 6.45) is 0. The first-order valence-corrected chi connectivity index (χ1v) is 11.1. The summed E-state index contributed by atoms with van der Waals surface area (Å²) in [6, 6.07) is 7.89. The van der Waals surface area contributed by atoms with E-state index in [-0.39, 0.29) is 17.9 Å². The van der Waals surface area contributed by atoms with Crippen molar-refractivity contribution >= 4 is 33.3 Å². The van der Waals surface area contributed by atoms with Crippen LogP contribution >= 0.6 is 15.9 Å². The number of anilines is 1. The van der Waals surface area contributed by atoms with Crippen molar-refractivity contribution in [2.24, 2.45) is 0 Å². The Hall–Kier alpha value is -2.85. The van der Waals surface area contributed by atoms with Crippen LogP contribution in [0.15, 0.2) is 34.8 Å². The van der Waals surface area contributed by atoms with Crippen LogP contribution in [0.25, 0.3) is 0 Å². The fourth-order valence-corrected chi connectivity index (χ4v) is 3.76. The quantitative estimate of drug-likeness (QED) is 0.280. The lowest BCUT2D eigenvalue weighted by atomic mass is 10.1. The zero-order chi connectivity index (χ0) is 23.1. The molecule has 0 unspecified atom stereocenters. The maximum absolute atomic E-state index is 12.6. The van der Waals surface area contributed by atoms with Gasteiger partial charge < -0.3 is 23.8 Å². The fourth-order valence-electron chi connectivity index (χ4n) is 3.32. The van der Waals surface area contributed by atoms with Gasteiger partial charge in [0.15, 0.2) is 11.5 Å². The summed E-state index contributed by atoms with van der Waals surface area (Å²) in [7, 11) is 0. The van der Waals surface area contributed by atoms with Gasteiger partial charge in [-0.05, 0) is 38.1 Å². The van der Waals surface area contributed by atoms with Gasteiger partial charge in [-0.2, -0.15) is 0 Å². The molecule has 0 atom stereocenters. The predicted octanol–water partition coefficient (Wildman–Crippen LogP) is 4.35. The molecule has 32 heavy (non-hydrogen) atoms. The number of rotatable bonds is 9. The van der Waals surface area contributed by atoms with Crippen molar-refractivity contribution in [2.45, 2.75) is 20.5 Å². The van der Waals surface area contributed by atoms with E-state index in [0.717, 1.165) is 0 Å². The number of carbonyl (C=O) groups excluding carboxylic acids is 1. The van der Waals surface area contributed by atoms with Gasteiger partial charge in [0.05, 0.1) is 36.9 Å². The highest BCUT2D eigenvalue weighted by Gasteiger charge is 2.24. The fraction of sp³-hybridized carbons (Fsp3) is 0.409. The van der Waals surface area contributed by atoms with Crippen LogP contribution in [0.5, 0.6) is 11.5 Å². The third-order valence-corrected chi connectivity index (χ3v) is 5.57. The van der Waals surface area contributed by atoms with Crippen LogP contribution in [0.4, 0.5) is 11.4 Å². The van der Waals surface area contributed by atoms with Gasteiger partial charge in [-0.25, -0.2) is 4.79 Å². The van der Waals surface area contributed by atoms with Gasteiger partial charge in [0.1, 0.15) is 12.3 Å². The first-order chi connectivity index (χ1) is 15.4. The summed E-state index contributed by atoms with van der Waals surface area (Å²) in [5.74, 6) is 0.486. The van der Waals surface area contributed by atoms with E-state index in [0.29, 0.717) is 66.7 Å². The third kappa shape index (κ3) is 5.68. The molecule has 0 saturated carbocycles. The molecule has 1 aliphatic heterocycles. The van der Waals surface area contributed by atoms with Crippen LogP contribution in [0.2, 0.25) is 0 Å². The summed E-state index contributed by atoms with van der Waals surface area (Å²) in [6.45, 7) is 6.76. The molecule has 2 aromatic carbocycles. The van der Waals surface area contributed by atoms with Crippen molar-refractivity contribution in [3.63, 3.8) is 0 Å².